The smallest absolute Gasteiger partial charge is 0.0754 e. The molecule has 4 unspecified atom stereocenters. The van der Waals surface area contributed by atoms with Gasteiger partial charge in [0, 0.05) is 5.54 Å². The predicted octanol–water partition coefficient (Wildman–Crippen LogP) is 2.88. The minimum absolute atomic E-state index is 0.117. The standard InChI is InChI=1S/C16H25NO/c1-5-16(2,17(3)4)15(18)14-11-13(14)12-9-7-6-8-10-12/h6-10,13-15,18H,5,11H2,1-4H3. The van der Waals surface area contributed by atoms with E-state index in [4.69, 9.17) is 0 Å². The Hall–Kier alpha value is -0.860. The van der Waals surface area contributed by atoms with Crippen molar-refractivity contribution < 1.29 is 5.11 Å². The molecule has 1 fully saturated rings. The van der Waals surface area contributed by atoms with Crippen LogP contribution in [0.25, 0.3) is 0 Å². The van der Waals surface area contributed by atoms with Crippen molar-refractivity contribution in [2.45, 2.75) is 44.2 Å². The number of hydrogen-bond donors (Lipinski definition) is 1. The van der Waals surface area contributed by atoms with E-state index in [-0.39, 0.29) is 11.6 Å². The Balaban J connectivity index is 2.07. The third-order valence-corrected chi connectivity index (χ3v) is 4.85. The molecule has 2 nitrogen and oxygen atoms in total. The fourth-order valence-corrected chi connectivity index (χ4v) is 2.90. The number of aliphatic hydroxyl groups excluding tert-OH is 1. The van der Waals surface area contributed by atoms with Gasteiger partial charge >= 0.3 is 0 Å². The van der Waals surface area contributed by atoms with Crippen LogP contribution in [0.3, 0.4) is 0 Å². The van der Waals surface area contributed by atoms with E-state index in [2.05, 4.69) is 57.1 Å². The summed E-state index contributed by atoms with van der Waals surface area (Å²) in [6, 6.07) is 10.6. The maximum atomic E-state index is 10.7. The van der Waals surface area contributed by atoms with Gasteiger partial charge in [0.05, 0.1) is 6.10 Å². The zero-order valence-electron chi connectivity index (χ0n) is 11.9. The highest BCUT2D eigenvalue weighted by atomic mass is 16.3. The van der Waals surface area contributed by atoms with Crippen molar-refractivity contribution in [1.29, 1.82) is 0 Å². The van der Waals surface area contributed by atoms with Gasteiger partial charge in [0.25, 0.3) is 0 Å². The molecule has 2 rings (SSSR count). The lowest BCUT2D eigenvalue weighted by Gasteiger charge is -2.40. The molecule has 0 saturated heterocycles. The maximum Gasteiger partial charge on any atom is 0.0754 e. The molecule has 18 heavy (non-hydrogen) atoms. The molecule has 1 aromatic carbocycles. The molecule has 0 radical (unpaired) electrons. The van der Waals surface area contributed by atoms with Crippen molar-refractivity contribution in [2.75, 3.05) is 14.1 Å². The molecule has 0 amide bonds. The van der Waals surface area contributed by atoms with Gasteiger partial charge in [0.1, 0.15) is 0 Å². The zero-order chi connectivity index (χ0) is 13.3. The fraction of sp³-hybridized carbons (Fsp3) is 0.625. The highest BCUT2D eigenvalue weighted by Gasteiger charge is 2.50. The summed E-state index contributed by atoms with van der Waals surface area (Å²) in [4.78, 5) is 2.16. The van der Waals surface area contributed by atoms with Crippen molar-refractivity contribution in [2.24, 2.45) is 5.92 Å². The van der Waals surface area contributed by atoms with Crippen molar-refractivity contribution in [1.82, 2.24) is 4.90 Å². The summed E-state index contributed by atoms with van der Waals surface area (Å²) < 4.78 is 0. The number of benzene rings is 1. The van der Waals surface area contributed by atoms with Gasteiger partial charge in [0.15, 0.2) is 0 Å². The van der Waals surface area contributed by atoms with Crippen LogP contribution in [0, 0.1) is 5.92 Å². The van der Waals surface area contributed by atoms with E-state index >= 15 is 0 Å². The zero-order valence-corrected chi connectivity index (χ0v) is 11.9. The maximum absolute atomic E-state index is 10.7. The van der Waals surface area contributed by atoms with Gasteiger partial charge in [-0.25, -0.2) is 0 Å². The number of hydrogen-bond acceptors (Lipinski definition) is 2. The van der Waals surface area contributed by atoms with Gasteiger partial charge in [-0.2, -0.15) is 0 Å². The average Bonchev–Trinajstić information content (AvgIpc) is 3.18. The summed E-state index contributed by atoms with van der Waals surface area (Å²) in [7, 11) is 4.12. The first-order chi connectivity index (χ1) is 8.50. The summed E-state index contributed by atoms with van der Waals surface area (Å²) in [6.07, 6.45) is 1.84. The SMILES string of the molecule is CCC(C)(C(O)C1CC1c1ccccc1)N(C)C. The van der Waals surface area contributed by atoms with E-state index in [1.807, 2.05) is 6.07 Å². The minimum atomic E-state index is -0.247. The minimum Gasteiger partial charge on any atom is -0.391 e. The largest absolute Gasteiger partial charge is 0.391 e. The van der Waals surface area contributed by atoms with Crippen LogP contribution in [-0.4, -0.2) is 35.7 Å². The number of rotatable bonds is 5. The number of likely N-dealkylation sites (N-methyl/N-ethyl adjacent to an activating group) is 1. The quantitative estimate of drug-likeness (QED) is 0.865. The lowest BCUT2D eigenvalue weighted by atomic mass is 9.86. The van der Waals surface area contributed by atoms with Crippen LogP contribution in [0.2, 0.25) is 0 Å². The first-order valence-corrected chi connectivity index (χ1v) is 6.91. The van der Waals surface area contributed by atoms with Gasteiger partial charge in [0.2, 0.25) is 0 Å². The van der Waals surface area contributed by atoms with Crippen LogP contribution in [0.4, 0.5) is 0 Å². The summed E-state index contributed by atoms with van der Waals surface area (Å²) >= 11 is 0. The molecule has 0 aromatic heterocycles. The number of aliphatic hydroxyl groups is 1. The van der Waals surface area contributed by atoms with Crippen LogP contribution in [0.15, 0.2) is 30.3 Å². The van der Waals surface area contributed by atoms with Crippen molar-refractivity contribution >= 4 is 0 Å². The van der Waals surface area contributed by atoms with E-state index < -0.39 is 0 Å². The Labute approximate surface area is 111 Å². The first kappa shape index (κ1) is 13.6. The van der Waals surface area contributed by atoms with E-state index in [0.717, 1.165) is 12.8 Å². The van der Waals surface area contributed by atoms with Crippen molar-refractivity contribution in [3.8, 4) is 0 Å². The average molecular weight is 247 g/mol. The molecule has 4 atom stereocenters. The normalized spacial score (nSPS) is 27.9. The van der Waals surface area contributed by atoms with E-state index in [1.165, 1.54) is 5.56 Å². The van der Waals surface area contributed by atoms with Crippen molar-refractivity contribution in [3.05, 3.63) is 35.9 Å². The van der Waals surface area contributed by atoms with Crippen LogP contribution in [0.5, 0.6) is 0 Å². The highest BCUT2D eigenvalue weighted by molar-refractivity contribution is 5.27. The third kappa shape index (κ3) is 2.32. The van der Waals surface area contributed by atoms with E-state index in [1.54, 1.807) is 0 Å². The summed E-state index contributed by atoms with van der Waals surface area (Å²) in [5.41, 5.74) is 1.26. The summed E-state index contributed by atoms with van der Waals surface area (Å²) in [5, 5.41) is 10.7. The molecule has 0 aliphatic heterocycles. The predicted molar refractivity (Wildman–Crippen MR) is 75.7 cm³/mol. The highest BCUT2D eigenvalue weighted by Crippen LogP contribution is 2.52. The first-order valence-electron chi connectivity index (χ1n) is 6.91. The Kier molecular flexibility index (Phi) is 3.79. The van der Waals surface area contributed by atoms with Gasteiger partial charge in [-0.3, -0.25) is 0 Å². The second kappa shape index (κ2) is 5.02. The molecule has 1 aliphatic rings. The van der Waals surface area contributed by atoms with E-state index in [0.29, 0.717) is 11.8 Å². The topological polar surface area (TPSA) is 23.5 Å². The molecule has 1 N–H and O–H groups in total. The van der Waals surface area contributed by atoms with Gasteiger partial charge in [-0.05, 0) is 51.3 Å². The third-order valence-electron chi connectivity index (χ3n) is 4.85. The molecule has 1 saturated carbocycles. The second-order valence-corrected chi connectivity index (χ2v) is 5.97. The van der Waals surface area contributed by atoms with Gasteiger partial charge < -0.3 is 10.0 Å². The summed E-state index contributed by atoms with van der Waals surface area (Å²) in [6.45, 7) is 4.32. The number of nitrogens with zero attached hydrogens (tertiary/aromatic N) is 1. The lowest BCUT2D eigenvalue weighted by Crippen LogP contribution is -2.51. The monoisotopic (exact) mass is 247 g/mol. The molecular weight excluding hydrogens is 222 g/mol. The molecule has 2 heteroatoms. The molecule has 100 valence electrons. The summed E-state index contributed by atoms with van der Waals surface area (Å²) in [5.74, 6) is 0.965. The van der Waals surface area contributed by atoms with Gasteiger partial charge in [-0.1, -0.05) is 37.3 Å². The van der Waals surface area contributed by atoms with Gasteiger partial charge in [-0.15, -0.1) is 0 Å². The molecule has 0 spiro atoms. The van der Waals surface area contributed by atoms with E-state index in [9.17, 15) is 5.11 Å². The molecule has 1 aromatic rings. The van der Waals surface area contributed by atoms with Crippen LogP contribution in [-0.2, 0) is 0 Å². The molecule has 0 heterocycles. The Bertz CT molecular complexity index is 389. The molecule has 1 aliphatic carbocycles. The molecule has 0 bridgehead atoms. The Morgan fingerprint density at radius 3 is 2.44 bits per heavy atom. The Morgan fingerprint density at radius 1 is 1.33 bits per heavy atom. The van der Waals surface area contributed by atoms with Crippen LogP contribution < -0.4 is 0 Å². The van der Waals surface area contributed by atoms with Crippen LogP contribution in [0.1, 0.15) is 38.2 Å². The fourth-order valence-electron chi connectivity index (χ4n) is 2.90. The second-order valence-electron chi connectivity index (χ2n) is 5.97. The Morgan fingerprint density at radius 2 is 1.94 bits per heavy atom. The molecular formula is C16H25NO. The lowest BCUT2D eigenvalue weighted by molar-refractivity contribution is -0.0122. The van der Waals surface area contributed by atoms with Crippen LogP contribution >= 0.6 is 0 Å². The van der Waals surface area contributed by atoms with Crippen molar-refractivity contribution in [3.63, 3.8) is 0 Å².